The highest BCUT2D eigenvalue weighted by Crippen LogP contribution is 2.36. The van der Waals surface area contributed by atoms with Crippen LogP contribution in [-0.4, -0.2) is 5.76 Å². The molecule has 0 fully saturated rings. The van der Waals surface area contributed by atoms with Gasteiger partial charge in [0.25, 0.3) is 5.76 Å². The normalized spacial score (nSPS) is 18.1. The highest BCUT2D eigenvalue weighted by atomic mass is 32.2. The van der Waals surface area contributed by atoms with Gasteiger partial charge < -0.3 is 5.32 Å². The van der Waals surface area contributed by atoms with Crippen molar-refractivity contribution in [1.29, 1.82) is 0 Å². The number of alkyl halides is 2. The molecular weight excluding hydrogens is 296 g/mol. The van der Waals surface area contributed by atoms with Gasteiger partial charge in [-0.3, -0.25) is 0 Å². The topological polar surface area (TPSA) is 12.0 Å². The Morgan fingerprint density at radius 3 is 2.75 bits per heavy atom. The number of hydrogen-bond acceptors (Lipinski definition) is 3. The molecule has 1 unspecified atom stereocenters. The molecule has 0 saturated carbocycles. The Kier molecular flexibility index (Phi) is 4.27. The fraction of sp³-hybridized carbons (Fsp3) is 0.333. The molecule has 0 bridgehead atoms. The molecule has 1 aliphatic carbocycles. The molecule has 1 nitrogen and oxygen atoms in total. The first-order valence-electron chi connectivity index (χ1n) is 6.60. The molecule has 0 spiro atoms. The van der Waals surface area contributed by atoms with E-state index in [-0.39, 0.29) is 0 Å². The van der Waals surface area contributed by atoms with Crippen LogP contribution in [0.1, 0.15) is 29.3 Å². The van der Waals surface area contributed by atoms with Crippen LogP contribution in [0.4, 0.5) is 14.5 Å². The Morgan fingerprint density at radius 1 is 1.20 bits per heavy atom. The van der Waals surface area contributed by atoms with Crippen LogP contribution in [0, 0.1) is 0 Å². The van der Waals surface area contributed by atoms with Gasteiger partial charge in [-0.1, -0.05) is 11.8 Å². The third-order valence-corrected chi connectivity index (χ3v) is 5.19. The summed E-state index contributed by atoms with van der Waals surface area (Å²) >= 11 is 2.41. The van der Waals surface area contributed by atoms with Gasteiger partial charge in [-0.15, -0.1) is 11.3 Å². The number of rotatable bonds is 4. The zero-order valence-corrected chi connectivity index (χ0v) is 12.4. The summed E-state index contributed by atoms with van der Waals surface area (Å²) in [5, 5.41) is 5.66. The van der Waals surface area contributed by atoms with Crippen LogP contribution in [0.25, 0.3) is 0 Å². The molecule has 1 aromatic heterocycles. The molecule has 5 heteroatoms. The first-order valence-corrected chi connectivity index (χ1v) is 8.36. The fourth-order valence-electron chi connectivity index (χ4n) is 2.57. The molecular formula is C15H15F2NS2. The molecule has 2 aromatic rings. The molecule has 0 aliphatic heterocycles. The van der Waals surface area contributed by atoms with Crippen molar-refractivity contribution >= 4 is 28.8 Å². The number of benzene rings is 1. The predicted molar refractivity (Wildman–Crippen MR) is 81.9 cm³/mol. The molecule has 106 valence electrons. The summed E-state index contributed by atoms with van der Waals surface area (Å²) in [7, 11) is 0. The van der Waals surface area contributed by atoms with Gasteiger partial charge in [0.05, 0.1) is 6.04 Å². The quantitative estimate of drug-likeness (QED) is 0.743. The molecule has 1 heterocycles. The third-order valence-electron chi connectivity index (χ3n) is 3.47. The average molecular weight is 311 g/mol. The van der Waals surface area contributed by atoms with Crippen molar-refractivity contribution in [3.63, 3.8) is 0 Å². The Bertz CT molecular complexity index is 566. The van der Waals surface area contributed by atoms with Gasteiger partial charge in [0, 0.05) is 15.5 Å². The number of hydrogen-bond donors (Lipinski definition) is 1. The Balaban J connectivity index is 1.70. The van der Waals surface area contributed by atoms with Crippen molar-refractivity contribution in [2.75, 3.05) is 5.32 Å². The van der Waals surface area contributed by atoms with Crippen LogP contribution in [0.2, 0.25) is 0 Å². The zero-order chi connectivity index (χ0) is 13.9. The summed E-state index contributed by atoms with van der Waals surface area (Å²) in [4.78, 5) is 2.07. The summed E-state index contributed by atoms with van der Waals surface area (Å²) in [6.07, 6.45) is 3.50. The molecule has 1 aromatic carbocycles. The molecule has 0 saturated heterocycles. The van der Waals surface area contributed by atoms with Crippen LogP contribution in [0.3, 0.4) is 0 Å². The van der Waals surface area contributed by atoms with Crippen LogP contribution in [0.15, 0.2) is 40.6 Å². The van der Waals surface area contributed by atoms with Crippen LogP contribution in [0.5, 0.6) is 0 Å². The van der Waals surface area contributed by atoms with E-state index in [2.05, 4.69) is 16.8 Å². The highest BCUT2D eigenvalue weighted by Gasteiger charge is 2.20. The summed E-state index contributed by atoms with van der Waals surface area (Å²) in [5.74, 6) is -2.36. The molecule has 3 rings (SSSR count). The van der Waals surface area contributed by atoms with Crippen molar-refractivity contribution in [3.05, 3.63) is 46.2 Å². The van der Waals surface area contributed by atoms with Crippen LogP contribution >= 0.6 is 23.1 Å². The summed E-state index contributed by atoms with van der Waals surface area (Å²) < 4.78 is 24.5. The maximum atomic E-state index is 12.3. The minimum atomic E-state index is -2.36. The smallest absolute Gasteiger partial charge is 0.288 e. The van der Waals surface area contributed by atoms with E-state index in [0.717, 1.165) is 12.1 Å². The first-order chi connectivity index (χ1) is 9.72. The summed E-state index contributed by atoms with van der Waals surface area (Å²) in [5.41, 5.74) is 2.39. The number of aryl methyl sites for hydroxylation is 1. The molecule has 1 N–H and O–H groups in total. The van der Waals surface area contributed by atoms with Gasteiger partial charge in [0.2, 0.25) is 0 Å². The van der Waals surface area contributed by atoms with E-state index in [0.29, 0.717) is 22.7 Å². The van der Waals surface area contributed by atoms with Crippen molar-refractivity contribution < 1.29 is 8.78 Å². The largest absolute Gasteiger partial charge is 0.378 e. The van der Waals surface area contributed by atoms with Gasteiger partial charge in [-0.05, 0) is 60.5 Å². The van der Waals surface area contributed by atoms with E-state index < -0.39 is 5.76 Å². The number of anilines is 1. The van der Waals surface area contributed by atoms with Crippen molar-refractivity contribution in [3.8, 4) is 0 Å². The Labute approximate surface area is 125 Å². The molecule has 20 heavy (non-hydrogen) atoms. The van der Waals surface area contributed by atoms with Gasteiger partial charge >= 0.3 is 0 Å². The lowest BCUT2D eigenvalue weighted by molar-refractivity contribution is 0.252. The van der Waals surface area contributed by atoms with E-state index in [4.69, 9.17) is 0 Å². The van der Waals surface area contributed by atoms with Gasteiger partial charge in [0.15, 0.2) is 0 Å². The summed E-state index contributed by atoms with van der Waals surface area (Å²) in [6, 6.07) is 9.79. The zero-order valence-electron chi connectivity index (χ0n) is 10.8. The number of nitrogens with one attached hydrogen (secondary N) is 1. The molecule has 1 atom stereocenters. The van der Waals surface area contributed by atoms with E-state index in [1.165, 1.54) is 23.3 Å². The number of thioether (sulfide) groups is 1. The van der Waals surface area contributed by atoms with Crippen LogP contribution in [-0.2, 0) is 6.42 Å². The minimum Gasteiger partial charge on any atom is -0.378 e. The molecule has 1 aliphatic rings. The molecule has 0 radical (unpaired) electrons. The number of thiophene rings is 1. The minimum absolute atomic E-state index is 0.346. The number of fused-ring (bicyclic) bond motifs is 1. The van der Waals surface area contributed by atoms with E-state index in [1.807, 2.05) is 23.5 Å². The van der Waals surface area contributed by atoms with Crippen molar-refractivity contribution in [1.82, 2.24) is 0 Å². The molecule has 0 amide bonds. The SMILES string of the molecule is FC(F)Sc1ccc(NC2CCCc3sccc32)cc1. The second kappa shape index (κ2) is 6.14. The second-order valence-electron chi connectivity index (χ2n) is 4.79. The van der Waals surface area contributed by atoms with Crippen molar-refractivity contribution in [2.45, 2.75) is 36.0 Å². The third kappa shape index (κ3) is 3.15. The van der Waals surface area contributed by atoms with Gasteiger partial charge in [-0.2, -0.15) is 8.78 Å². The maximum Gasteiger partial charge on any atom is 0.288 e. The number of halogens is 2. The lowest BCUT2D eigenvalue weighted by Gasteiger charge is -2.24. The first kappa shape index (κ1) is 13.9. The lowest BCUT2D eigenvalue weighted by Crippen LogP contribution is -2.15. The predicted octanol–water partition coefficient (Wildman–Crippen LogP) is 5.55. The van der Waals surface area contributed by atoms with E-state index in [9.17, 15) is 8.78 Å². The monoisotopic (exact) mass is 311 g/mol. The Morgan fingerprint density at radius 2 is 2.00 bits per heavy atom. The lowest BCUT2D eigenvalue weighted by atomic mass is 9.94. The average Bonchev–Trinajstić information content (AvgIpc) is 2.90. The standard InChI is InChI=1S/C15H15F2NS2/c16-15(17)20-11-6-4-10(5-7-11)18-13-2-1-3-14-12(13)8-9-19-14/h4-9,13,15,18H,1-3H2. The maximum absolute atomic E-state index is 12.3. The van der Waals surface area contributed by atoms with Gasteiger partial charge in [-0.25, -0.2) is 0 Å². The van der Waals surface area contributed by atoms with E-state index in [1.54, 1.807) is 12.1 Å². The van der Waals surface area contributed by atoms with Gasteiger partial charge in [0.1, 0.15) is 0 Å². The van der Waals surface area contributed by atoms with Crippen LogP contribution < -0.4 is 5.32 Å². The second-order valence-corrected chi connectivity index (χ2v) is 6.86. The Hall–Kier alpha value is -1.07. The van der Waals surface area contributed by atoms with Crippen molar-refractivity contribution in [2.24, 2.45) is 0 Å². The van der Waals surface area contributed by atoms with E-state index >= 15 is 0 Å². The fourth-order valence-corrected chi connectivity index (χ4v) is 4.06. The summed E-state index contributed by atoms with van der Waals surface area (Å²) in [6.45, 7) is 0. The highest BCUT2D eigenvalue weighted by molar-refractivity contribution is 7.99.